The van der Waals surface area contributed by atoms with E-state index in [1.807, 2.05) is 25.2 Å². The van der Waals surface area contributed by atoms with E-state index in [0.717, 1.165) is 5.56 Å². The molecule has 1 unspecified atom stereocenters. The zero-order valence-electron chi connectivity index (χ0n) is 12.7. The summed E-state index contributed by atoms with van der Waals surface area (Å²) in [5.41, 5.74) is 0.850. The molecule has 0 saturated heterocycles. The molecule has 1 N–H and O–H groups in total. The third kappa shape index (κ3) is 3.08. The molecular weight excluding hydrogens is 272 g/mol. The third-order valence-corrected chi connectivity index (χ3v) is 3.40. The van der Waals surface area contributed by atoms with Crippen molar-refractivity contribution in [2.24, 2.45) is 7.05 Å². The number of hydrogen-bond donors (Lipinski definition) is 1. The second kappa shape index (κ2) is 6.45. The summed E-state index contributed by atoms with van der Waals surface area (Å²) in [5, 5.41) is 7.26. The van der Waals surface area contributed by atoms with E-state index in [1.165, 1.54) is 15.6 Å². The van der Waals surface area contributed by atoms with Gasteiger partial charge in [-0.05, 0) is 24.7 Å². The van der Waals surface area contributed by atoms with E-state index in [0.29, 0.717) is 18.0 Å². The van der Waals surface area contributed by atoms with Crippen LogP contribution in [0.25, 0.3) is 0 Å². The van der Waals surface area contributed by atoms with E-state index in [-0.39, 0.29) is 11.7 Å². The van der Waals surface area contributed by atoms with Crippen molar-refractivity contribution < 1.29 is 9.47 Å². The maximum Gasteiger partial charge on any atom is 0.345 e. The van der Waals surface area contributed by atoms with Gasteiger partial charge in [0.15, 0.2) is 11.5 Å². The van der Waals surface area contributed by atoms with Crippen molar-refractivity contribution in [2.45, 2.75) is 12.6 Å². The average Bonchev–Trinajstić information content (AvgIpc) is 2.83. The fourth-order valence-electron chi connectivity index (χ4n) is 2.15. The molecule has 0 radical (unpaired) electrons. The number of methoxy groups -OCH3 is 2. The van der Waals surface area contributed by atoms with Gasteiger partial charge in [0.25, 0.3) is 0 Å². The second-order valence-electron chi connectivity index (χ2n) is 4.66. The maximum atomic E-state index is 11.9. The molecule has 0 bridgehead atoms. The number of rotatable bonds is 6. The predicted octanol–water partition coefficient (Wildman–Crippen LogP) is 0.560. The summed E-state index contributed by atoms with van der Waals surface area (Å²) in [6.07, 6.45) is 1.50. The lowest BCUT2D eigenvalue weighted by molar-refractivity contribution is 0.353. The van der Waals surface area contributed by atoms with Gasteiger partial charge in [-0.1, -0.05) is 6.07 Å². The molecule has 0 amide bonds. The quantitative estimate of drug-likeness (QED) is 0.842. The van der Waals surface area contributed by atoms with Crippen molar-refractivity contribution in [2.75, 3.05) is 21.3 Å². The Bertz CT molecular complexity index is 662. The Hall–Kier alpha value is -2.28. The highest BCUT2D eigenvalue weighted by Gasteiger charge is 2.15. The van der Waals surface area contributed by atoms with Crippen LogP contribution in [0.5, 0.6) is 11.5 Å². The Morgan fingerprint density at radius 2 is 2.00 bits per heavy atom. The Labute approximate surface area is 123 Å². The molecular formula is C14H20N4O3. The minimum atomic E-state index is -0.143. The molecule has 7 nitrogen and oxygen atoms in total. The number of ether oxygens (including phenoxy) is 2. The first-order chi connectivity index (χ1) is 10.1. The summed E-state index contributed by atoms with van der Waals surface area (Å²) < 4.78 is 13.4. The van der Waals surface area contributed by atoms with Crippen LogP contribution >= 0.6 is 0 Å². The van der Waals surface area contributed by atoms with Crippen LogP contribution in [0.2, 0.25) is 0 Å². The minimum Gasteiger partial charge on any atom is -0.493 e. The monoisotopic (exact) mass is 292 g/mol. The first-order valence-electron chi connectivity index (χ1n) is 6.58. The fourth-order valence-corrected chi connectivity index (χ4v) is 2.15. The summed E-state index contributed by atoms with van der Waals surface area (Å²) in [6.45, 7) is 0.436. The van der Waals surface area contributed by atoms with Gasteiger partial charge >= 0.3 is 5.69 Å². The van der Waals surface area contributed by atoms with E-state index < -0.39 is 0 Å². The Morgan fingerprint density at radius 1 is 1.29 bits per heavy atom. The van der Waals surface area contributed by atoms with E-state index in [4.69, 9.17) is 9.47 Å². The van der Waals surface area contributed by atoms with Gasteiger partial charge in [0, 0.05) is 7.05 Å². The van der Waals surface area contributed by atoms with Gasteiger partial charge in [-0.15, -0.1) is 0 Å². The predicted molar refractivity (Wildman–Crippen MR) is 78.8 cm³/mol. The van der Waals surface area contributed by atoms with Crippen LogP contribution in [0.4, 0.5) is 0 Å². The standard InChI is InChI=1S/C14H20N4O3/c1-15-11(8-18-14(19)17(2)9-16-18)10-5-6-12(20-3)13(7-10)21-4/h5-7,9,11,15H,8H2,1-4H3. The minimum absolute atomic E-state index is 0.0580. The number of benzene rings is 1. The Morgan fingerprint density at radius 3 is 2.52 bits per heavy atom. The average molecular weight is 292 g/mol. The molecule has 0 spiro atoms. The van der Waals surface area contributed by atoms with E-state index >= 15 is 0 Å². The highest BCUT2D eigenvalue weighted by Crippen LogP contribution is 2.30. The lowest BCUT2D eigenvalue weighted by Gasteiger charge is -2.18. The molecule has 0 fully saturated rings. The van der Waals surface area contributed by atoms with E-state index in [1.54, 1.807) is 21.3 Å². The lowest BCUT2D eigenvalue weighted by atomic mass is 10.1. The zero-order valence-corrected chi connectivity index (χ0v) is 12.7. The molecule has 7 heteroatoms. The molecule has 0 aliphatic carbocycles. The molecule has 0 aliphatic rings. The summed E-state index contributed by atoms with van der Waals surface area (Å²) in [7, 11) is 6.71. The molecule has 2 aromatic rings. The lowest BCUT2D eigenvalue weighted by Crippen LogP contribution is -2.30. The van der Waals surface area contributed by atoms with Crippen molar-refractivity contribution in [3.8, 4) is 11.5 Å². The van der Waals surface area contributed by atoms with Crippen LogP contribution in [-0.4, -0.2) is 35.6 Å². The topological polar surface area (TPSA) is 70.3 Å². The maximum absolute atomic E-state index is 11.9. The summed E-state index contributed by atoms with van der Waals surface area (Å²) >= 11 is 0. The first kappa shape index (κ1) is 15.1. The number of likely N-dealkylation sites (N-methyl/N-ethyl adjacent to an activating group) is 1. The summed E-state index contributed by atoms with van der Waals surface area (Å²) in [6, 6.07) is 5.63. The van der Waals surface area contributed by atoms with Crippen LogP contribution < -0.4 is 20.5 Å². The van der Waals surface area contributed by atoms with Gasteiger partial charge in [0.05, 0.1) is 26.8 Å². The highest BCUT2D eigenvalue weighted by atomic mass is 16.5. The van der Waals surface area contributed by atoms with Gasteiger partial charge in [-0.25, -0.2) is 9.48 Å². The van der Waals surface area contributed by atoms with Gasteiger partial charge in [0.1, 0.15) is 6.33 Å². The van der Waals surface area contributed by atoms with Crippen molar-refractivity contribution in [3.63, 3.8) is 0 Å². The van der Waals surface area contributed by atoms with Crippen molar-refractivity contribution >= 4 is 0 Å². The molecule has 1 aromatic carbocycles. The van der Waals surface area contributed by atoms with Crippen LogP contribution in [0.3, 0.4) is 0 Å². The van der Waals surface area contributed by atoms with Crippen molar-refractivity contribution in [1.82, 2.24) is 19.7 Å². The SMILES string of the molecule is CNC(Cn1ncn(C)c1=O)c1ccc(OC)c(OC)c1. The van der Waals surface area contributed by atoms with Crippen molar-refractivity contribution in [1.29, 1.82) is 0 Å². The Balaban J connectivity index is 2.29. The van der Waals surface area contributed by atoms with Crippen LogP contribution in [0, 0.1) is 0 Å². The van der Waals surface area contributed by atoms with Crippen LogP contribution in [-0.2, 0) is 13.6 Å². The zero-order chi connectivity index (χ0) is 15.4. The fraction of sp³-hybridized carbons (Fsp3) is 0.429. The number of aromatic nitrogens is 3. The van der Waals surface area contributed by atoms with E-state index in [2.05, 4.69) is 10.4 Å². The van der Waals surface area contributed by atoms with Gasteiger partial charge in [-0.3, -0.25) is 4.57 Å². The molecule has 1 aromatic heterocycles. The van der Waals surface area contributed by atoms with Crippen LogP contribution in [0.1, 0.15) is 11.6 Å². The smallest absolute Gasteiger partial charge is 0.345 e. The third-order valence-electron chi connectivity index (χ3n) is 3.40. The summed E-state index contributed by atoms with van der Waals surface area (Å²) in [4.78, 5) is 11.9. The molecule has 1 heterocycles. The normalized spacial score (nSPS) is 12.2. The first-order valence-corrected chi connectivity index (χ1v) is 6.58. The van der Waals surface area contributed by atoms with Crippen LogP contribution in [0.15, 0.2) is 29.3 Å². The number of hydrogen-bond acceptors (Lipinski definition) is 5. The number of nitrogens with one attached hydrogen (secondary N) is 1. The van der Waals surface area contributed by atoms with Gasteiger partial charge in [-0.2, -0.15) is 5.10 Å². The van der Waals surface area contributed by atoms with Gasteiger partial charge < -0.3 is 14.8 Å². The highest BCUT2D eigenvalue weighted by molar-refractivity contribution is 5.43. The van der Waals surface area contributed by atoms with Crippen molar-refractivity contribution in [3.05, 3.63) is 40.6 Å². The van der Waals surface area contributed by atoms with Gasteiger partial charge in [0.2, 0.25) is 0 Å². The molecule has 1 atom stereocenters. The molecule has 2 rings (SSSR count). The molecule has 114 valence electrons. The number of aryl methyl sites for hydroxylation is 1. The molecule has 21 heavy (non-hydrogen) atoms. The number of nitrogens with zero attached hydrogens (tertiary/aromatic N) is 3. The summed E-state index contributed by atoms with van der Waals surface area (Å²) in [5.74, 6) is 1.33. The Kier molecular flexibility index (Phi) is 4.64. The molecule has 0 aliphatic heterocycles. The largest absolute Gasteiger partial charge is 0.493 e. The second-order valence-corrected chi connectivity index (χ2v) is 4.66. The molecule has 0 saturated carbocycles. The van der Waals surface area contributed by atoms with E-state index in [9.17, 15) is 4.79 Å².